The van der Waals surface area contributed by atoms with Crippen LogP contribution in [0.25, 0.3) is 0 Å². The second kappa shape index (κ2) is 6.77. The Bertz CT molecular complexity index is 581. The Balaban J connectivity index is 2.13. The molecule has 0 aliphatic heterocycles. The molecule has 1 aromatic rings. The summed E-state index contributed by atoms with van der Waals surface area (Å²) in [6, 6.07) is 8.20. The summed E-state index contributed by atoms with van der Waals surface area (Å²) in [5.41, 5.74) is 1.16. The third kappa shape index (κ3) is 3.67. The summed E-state index contributed by atoms with van der Waals surface area (Å²) in [6.45, 7) is 5.18. The van der Waals surface area contributed by atoms with Crippen LogP contribution in [0, 0.1) is 0 Å². The summed E-state index contributed by atoms with van der Waals surface area (Å²) in [5.74, 6) is 0. The average molecular weight is 375 g/mol. The number of nitrogens with zero attached hydrogens (tertiary/aromatic N) is 1. The lowest BCUT2D eigenvalue weighted by molar-refractivity contribution is 0.243. The van der Waals surface area contributed by atoms with Gasteiger partial charge in [0.05, 0.1) is 0 Å². The number of halogens is 1. The van der Waals surface area contributed by atoms with E-state index in [0.29, 0.717) is 19.6 Å². The Labute approximate surface area is 136 Å². The maximum absolute atomic E-state index is 12.3. The monoisotopic (exact) mass is 374 g/mol. The van der Waals surface area contributed by atoms with E-state index >= 15 is 0 Å². The molecule has 21 heavy (non-hydrogen) atoms. The first-order valence-corrected chi connectivity index (χ1v) is 9.67. The quantitative estimate of drug-likeness (QED) is 0.797. The van der Waals surface area contributed by atoms with Crippen molar-refractivity contribution in [2.24, 2.45) is 0 Å². The van der Waals surface area contributed by atoms with Gasteiger partial charge in [-0.1, -0.05) is 48.3 Å². The van der Waals surface area contributed by atoms with Gasteiger partial charge in [0.2, 0.25) is 0 Å². The summed E-state index contributed by atoms with van der Waals surface area (Å²) in [7, 11) is -3.38. The van der Waals surface area contributed by atoms with Gasteiger partial charge in [-0.3, -0.25) is 0 Å². The first-order chi connectivity index (χ1) is 9.93. The lowest BCUT2D eigenvalue weighted by Crippen LogP contribution is -2.49. The molecule has 0 spiro atoms. The number of nitrogens with one attached hydrogen (secondary N) is 1. The molecule has 0 bridgehead atoms. The fourth-order valence-corrected chi connectivity index (χ4v) is 4.59. The van der Waals surface area contributed by atoms with Crippen LogP contribution in [0.5, 0.6) is 0 Å². The van der Waals surface area contributed by atoms with Gasteiger partial charge in [-0.05, 0) is 30.5 Å². The van der Waals surface area contributed by atoms with Gasteiger partial charge in [-0.2, -0.15) is 12.7 Å². The highest BCUT2D eigenvalue weighted by Crippen LogP contribution is 2.43. The molecule has 0 unspecified atom stereocenters. The third-order valence-electron chi connectivity index (χ3n) is 4.39. The van der Waals surface area contributed by atoms with Gasteiger partial charge in [-0.15, -0.1) is 0 Å². The van der Waals surface area contributed by atoms with Crippen molar-refractivity contribution in [3.8, 4) is 0 Å². The van der Waals surface area contributed by atoms with Crippen LogP contribution in [-0.2, 0) is 15.6 Å². The number of benzene rings is 1. The molecule has 6 heteroatoms. The van der Waals surface area contributed by atoms with Crippen molar-refractivity contribution >= 4 is 26.1 Å². The molecule has 1 aliphatic rings. The fraction of sp³-hybridized carbons (Fsp3) is 0.600. The van der Waals surface area contributed by atoms with Crippen LogP contribution in [0.1, 0.15) is 38.7 Å². The Morgan fingerprint density at radius 2 is 1.95 bits per heavy atom. The highest BCUT2D eigenvalue weighted by molar-refractivity contribution is 9.10. The van der Waals surface area contributed by atoms with Crippen molar-refractivity contribution in [3.05, 3.63) is 34.3 Å². The fourth-order valence-electron chi connectivity index (χ4n) is 2.87. The summed E-state index contributed by atoms with van der Waals surface area (Å²) in [5, 5.41) is 0. The van der Waals surface area contributed by atoms with Crippen molar-refractivity contribution in [1.82, 2.24) is 9.03 Å². The summed E-state index contributed by atoms with van der Waals surface area (Å²) >= 11 is 3.50. The molecule has 0 aromatic heterocycles. The van der Waals surface area contributed by atoms with Gasteiger partial charge in [0, 0.05) is 29.5 Å². The lowest BCUT2D eigenvalue weighted by atomic mass is 9.64. The van der Waals surface area contributed by atoms with Crippen molar-refractivity contribution in [2.75, 3.05) is 19.6 Å². The standard InChI is InChI=1S/C15H23BrN2O2S/c1-3-18(4-2)21(19,20)17-12-15(9-6-10-15)13-7-5-8-14(16)11-13/h5,7-8,11,17H,3-4,6,9-10,12H2,1-2H3. The zero-order valence-electron chi connectivity index (χ0n) is 12.6. The second-order valence-corrected chi connectivity index (χ2v) is 8.23. The highest BCUT2D eigenvalue weighted by Gasteiger charge is 2.39. The van der Waals surface area contributed by atoms with Crippen LogP contribution in [0.3, 0.4) is 0 Å². The van der Waals surface area contributed by atoms with E-state index in [9.17, 15) is 8.42 Å². The smallest absolute Gasteiger partial charge is 0.201 e. The third-order valence-corrected chi connectivity index (χ3v) is 6.58. The topological polar surface area (TPSA) is 49.4 Å². The zero-order chi connectivity index (χ0) is 15.5. The predicted octanol–water partition coefficient (Wildman–Crippen LogP) is 3.05. The summed E-state index contributed by atoms with van der Waals surface area (Å²) in [4.78, 5) is 0. The van der Waals surface area contributed by atoms with Gasteiger partial charge < -0.3 is 0 Å². The molecule has 1 aliphatic carbocycles. The first kappa shape index (κ1) is 16.9. The summed E-state index contributed by atoms with van der Waals surface area (Å²) in [6.07, 6.45) is 3.22. The molecular weight excluding hydrogens is 352 g/mol. The first-order valence-electron chi connectivity index (χ1n) is 7.44. The van der Waals surface area contributed by atoms with E-state index in [1.54, 1.807) is 0 Å². The minimum absolute atomic E-state index is 0.0516. The molecule has 1 saturated carbocycles. The average Bonchev–Trinajstić information content (AvgIpc) is 2.38. The van der Waals surface area contributed by atoms with Gasteiger partial charge in [-0.25, -0.2) is 4.72 Å². The van der Waals surface area contributed by atoms with Crippen LogP contribution in [0.4, 0.5) is 0 Å². The lowest BCUT2D eigenvalue weighted by Gasteiger charge is -2.43. The van der Waals surface area contributed by atoms with Gasteiger partial charge in [0.1, 0.15) is 0 Å². The maximum Gasteiger partial charge on any atom is 0.279 e. The SMILES string of the molecule is CCN(CC)S(=O)(=O)NCC1(c2cccc(Br)c2)CCC1. The molecule has 2 rings (SSSR count). The molecule has 118 valence electrons. The van der Waals surface area contributed by atoms with Crippen molar-refractivity contribution < 1.29 is 8.42 Å². The van der Waals surface area contributed by atoms with Crippen LogP contribution in [0.15, 0.2) is 28.7 Å². The van der Waals surface area contributed by atoms with Gasteiger partial charge >= 0.3 is 0 Å². The molecule has 0 saturated heterocycles. The minimum atomic E-state index is -3.38. The van der Waals surface area contributed by atoms with Crippen molar-refractivity contribution in [2.45, 2.75) is 38.5 Å². The summed E-state index contributed by atoms with van der Waals surface area (Å²) < 4.78 is 29.9. The molecule has 1 fully saturated rings. The van der Waals surface area contributed by atoms with E-state index in [1.165, 1.54) is 9.87 Å². The van der Waals surface area contributed by atoms with Crippen LogP contribution in [0.2, 0.25) is 0 Å². The Kier molecular flexibility index (Phi) is 5.46. The molecule has 1 N–H and O–H groups in total. The molecular formula is C15H23BrN2O2S. The Morgan fingerprint density at radius 1 is 1.29 bits per heavy atom. The molecule has 4 nitrogen and oxygen atoms in total. The zero-order valence-corrected chi connectivity index (χ0v) is 15.0. The van der Waals surface area contributed by atoms with Gasteiger partial charge in [0.25, 0.3) is 10.2 Å². The van der Waals surface area contributed by atoms with Crippen LogP contribution in [-0.4, -0.2) is 32.4 Å². The van der Waals surface area contributed by atoms with E-state index in [2.05, 4.69) is 32.8 Å². The van der Waals surface area contributed by atoms with E-state index in [-0.39, 0.29) is 5.41 Å². The largest absolute Gasteiger partial charge is 0.279 e. The Hall–Kier alpha value is -0.430. The number of hydrogen-bond acceptors (Lipinski definition) is 2. The predicted molar refractivity (Wildman–Crippen MR) is 89.5 cm³/mol. The van der Waals surface area contributed by atoms with E-state index in [0.717, 1.165) is 23.7 Å². The number of rotatable bonds is 7. The minimum Gasteiger partial charge on any atom is -0.201 e. The molecule has 1 aromatic carbocycles. The van der Waals surface area contributed by atoms with Gasteiger partial charge in [0.15, 0.2) is 0 Å². The van der Waals surface area contributed by atoms with Crippen molar-refractivity contribution in [3.63, 3.8) is 0 Å². The van der Waals surface area contributed by atoms with Crippen molar-refractivity contribution in [1.29, 1.82) is 0 Å². The van der Waals surface area contributed by atoms with E-state index in [1.807, 2.05) is 26.0 Å². The Morgan fingerprint density at radius 3 is 2.43 bits per heavy atom. The highest BCUT2D eigenvalue weighted by atomic mass is 79.9. The maximum atomic E-state index is 12.3. The normalized spacial score (nSPS) is 17.7. The molecule has 0 heterocycles. The van der Waals surface area contributed by atoms with E-state index < -0.39 is 10.2 Å². The molecule has 0 atom stereocenters. The molecule has 0 amide bonds. The van der Waals surface area contributed by atoms with Crippen LogP contribution >= 0.6 is 15.9 Å². The van der Waals surface area contributed by atoms with E-state index in [4.69, 9.17) is 0 Å². The molecule has 0 radical (unpaired) electrons. The van der Waals surface area contributed by atoms with Crippen LogP contribution < -0.4 is 4.72 Å². The number of hydrogen-bond donors (Lipinski definition) is 1. The second-order valence-electron chi connectivity index (χ2n) is 5.55.